The fourth-order valence-corrected chi connectivity index (χ4v) is 0.868. The highest BCUT2D eigenvalue weighted by Gasteiger charge is 2.10. The second-order valence-electron chi connectivity index (χ2n) is 1.90. The predicted octanol–water partition coefficient (Wildman–Crippen LogP) is 1.08. The molecule has 0 radical (unpaired) electrons. The summed E-state index contributed by atoms with van der Waals surface area (Å²) >= 11 is 0. The summed E-state index contributed by atoms with van der Waals surface area (Å²) in [7, 11) is 0. The van der Waals surface area contributed by atoms with E-state index in [9.17, 15) is 0 Å². The Hall–Kier alpha value is -1.12. The molecule has 1 aliphatic rings. The molecule has 1 aliphatic heterocycles. The van der Waals surface area contributed by atoms with Crippen LogP contribution in [0.15, 0.2) is 16.7 Å². The van der Waals surface area contributed by atoms with Crippen LogP contribution in [-0.4, -0.2) is 13.2 Å². The molecule has 3 nitrogen and oxygen atoms in total. The van der Waals surface area contributed by atoms with Crippen molar-refractivity contribution in [2.24, 2.45) is 0 Å². The molecule has 0 amide bonds. The van der Waals surface area contributed by atoms with Gasteiger partial charge in [-0.05, 0) is 0 Å². The van der Waals surface area contributed by atoms with E-state index in [4.69, 9.17) is 9.15 Å². The van der Waals surface area contributed by atoms with Gasteiger partial charge in [0.1, 0.15) is 12.3 Å². The number of ether oxygens (including phenoxy) is 1. The molecule has 0 fully saturated rings. The number of anilines is 1. The first-order valence-corrected chi connectivity index (χ1v) is 2.91. The molecule has 1 aromatic heterocycles. The second kappa shape index (κ2) is 1.69. The quantitative estimate of drug-likeness (QED) is 0.563. The molecule has 0 unspecified atom stereocenters. The van der Waals surface area contributed by atoms with Crippen molar-refractivity contribution < 1.29 is 9.15 Å². The van der Waals surface area contributed by atoms with Crippen LogP contribution in [0.2, 0.25) is 0 Å². The topological polar surface area (TPSA) is 34.4 Å². The third-order valence-corrected chi connectivity index (χ3v) is 1.28. The summed E-state index contributed by atoms with van der Waals surface area (Å²) in [4.78, 5) is 0. The molecule has 0 saturated heterocycles. The predicted molar refractivity (Wildman–Crippen MR) is 32.7 cm³/mol. The minimum atomic E-state index is 0.612. The zero-order valence-electron chi connectivity index (χ0n) is 4.89. The smallest absolute Gasteiger partial charge is 0.308 e. The number of hydrogen-bond acceptors (Lipinski definition) is 3. The van der Waals surface area contributed by atoms with Crippen LogP contribution in [0.5, 0.6) is 5.95 Å². The number of fused-ring (bicyclic) bond motifs is 1. The Morgan fingerprint density at radius 3 is 3.44 bits per heavy atom. The molecule has 0 aromatic carbocycles. The van der Waals surface area contributed by atoms with Gasteiger partial charge in [-0.1, -0.05) is 0 Å². The number of nitrogens with one attached hydrogen (secondary N) is 1. The van der Waals surface area contributed by atoms with E-state index in [1.54, 1.807) is 6.26 Å². The van der Waals surface area contributed by atoms with Crippen molar-refractivity contribution in [2.45, 2.75) is 0 Å². The Balaban J connectivity index is 2.39. The highest BCUT2D eigenvalue weighted by molar-refractivity contribution is 5.51. The van der Waals surface area contributed by atoms with Crippen LogP contribution in [0.25, 0.3) is 0 Å². The Kier molecular flexibility index (Phi) is 0.886. The van der Waals surface area contributed by atoms with Crippen LogP contribution in [0.4, 0.5) is 5.69 Å². The molecule has 0 spiro atoms. The molecule has 2 rings (SSSR count). The highest BCUT2D eigenvalue weighted by atomic mass is 16.6. The van der Waals surface area contributed by atoms with Crippen molar-refractivity contribution in [3.8, 4) is 5.95 Å². The van der Waals surface area contributed by atoms with Crippen molar-refractivity contribution in [1.82, 2.24) is 0 Å². The summed E-state index contributed by atoms with van der Waals surface area (Å²) in [6, 6.07) is 1.86. The van der Waals surface area contributed by atoms with E-state index in [0.717, 1.165) is 12.2 Å². The van der Waals surface area contributed by atoms with Crippen LogP contribution in [0.1, 0.15) is 0 Å². The van der Waals surface area contributed by atoms with E-state index < -0.39 is 0 Å². The summed E-state index contributed by atoms with van der Waals surface area (Å²) in [5, 5.41) is 3.12. The summed E-state index contributed by atoms with van der Waals surface area (Å²) < 4.78 is 10.1. The Morgan fingerprint density at radius 1 is 1.56 bits per heavy atom. The lowest BCUT2D eigenvalue weighted by Gasteiger charge is -2.12. The summed E-state index contributed by atoms with van der Waals surface area (Å²) in [6.07, 6.45) is 1.61. The maximum atomic E-state index is 5.13. The molecule has 0 atom stereocenters. The van der Waals surface area contributed by atoms with Gasteiger partial charge in [-0.15, -0.1) is 0 Å². The van der Waals surface area contributed by atoms with Crippen molar-refractivity contribution >= 4 is 5.69 Å². The van der Waals surface area contributed by atoms with Gasteiger partial charge in [0, 0.05) is 12.6 Å². The highest BCUT2D eigenvalue weighted by Crippen LogP contribution is 2.27. The fourth-order valence-electron chi connectivity index (χ4n) is 0.868. The van der Waals surface area contributed by atoms with E-state index in [1.807, 2.05) is 6.07 Å². The van der Waals surface area contributed by atoms with Crippen molar-refractivity contribution in [1.29, 1.82) is 0 Å². The minimum Gasteiger partial charge on any atom is -0.462 e. The van der Waals surface area contributed by atoms with E-state index in [-0.39, 0.29) is 0 Å². The number of hydrogen-bond donors (Lipinski definition) is 1. The molecule has 0 bridgehead atoms. The van der Waals surface area contributed by atoms with Crippen molar-refractivity contribution in [3.05, 3.63) is 12.3 Å². The first-order chi connectivity index (χ1) is 4.47. The van der Waals surface area contributed by atoms with Crippen LogP contribution in [0.3, 0.4) is 0 Å². The van der Waals surface area contributed by atoms with E-state index >= 15 is 0 Å². The standard InChI is InChI=1S/C6H7NO2/c1-3-8-6-5(1)7-2-4-9-6/h1,3,7H,2,4H2. The zero-order valence-corrected chi connectivity index (χ0v) is 4.89. The lowest BCUT2D eigenvalue weighted by atomic mass is 10.4. The molecular formula is C6H7NO2. The maximum absolute atomic E-state index is 5.13. The van der Waals surface area contributed by atoms with Gasteiger partial charge in [-0.25, -0.2) is 0 Å². The lowest BCUT2D eigenvalue weighted by molar-refractivity contribution is 0.246. The fraction of sp³-hybridized carbons (Fsp3) is 0.333. The lowest BCUT2D eigenvalue weighted by Crippen LogP contribution is -2.16. The molecule has 9 heavy (non-hydrogen) atoms. The molecule has 3 heteroatoms. The summed E-state index contributed by atoms with van der Waals surface area (Å²) in [5.41, 5.74) is 0.959. The van der Waals surface area contributed by atoms with E-state index in [1.165, 1.54) is 0 Å². The summed E-state index contributed by atoms with van der Waals surface area (Å²) in [6.45, 7) is 1.56. The van der Waals surface area contributed by atoms with Gasteiger partial charge in [0.25, 0.3) is 0 Å². The Labute approximate surface area is 52.6 Å². The third-order valence-electron chi connectivity index (χ3n) is 1.28. The zero-order chi connectivity index (χ0) is 6.10. The maximum Gasteiger partial charge on any atom is 0.308 e. The van der Waals surface area contributed by atoms with Crippen LogP contribution < -0.4 is 10.1 Å². The number of rotatable bonds is 0. The molecule has 1 aromatic rings. The van der Waals surface area contributed by atoms with Gasteiger partial charge in [-0.3, -0.25) is 0 Å². The van der Waals surface area contributed by atoms with Crippen molar-refractivity contribution in [2.75, 3.05) is 18.5 Å². The van der Waals surface area contributed by atoms with Crippen LogP contribution in [-0.2, 0) is 0 Å². The minimum absolute atomic E-state index is 0.612. The first-order valence-electron chi connectivity index (χ1n) is 2.91. The van der Waals surface area contributed by atoms with Crippen LogP contribution in [0, 0.1) is 0 Å². The molecular weight excluding hydrogens is 118 g/mol. The summed E-state index contributed by atoms with van der Waals surface area (Å²) in [5.74, 6) is 0.612. The first kappa shape index (κ1) is 4.73. The van der Waals surface area contributed by atoms with Gasteiger partial charge in [0.05, 0.1) is 6.26 Å². The molecule has 0 aliphatic carbocycles. The normalized spacial score (nSPS) is 15.6. The van der Waals surface area contributed by atoms with E-state index in [2.05, 4.69) is 5.32 Å². The Morgan fingerprint density at radius 2 is 2.56 bits per heavy atom. The van der Waals surface area contributed by atoms with Crippen LogP contribution >= 0.6 is 0 Å². The molecule has 48 valence electrons. The largest absolute Gasteiger partial charge is 0.462 e. The third kappa shape index (κ3) is 0.650. The average molecular weight is 125 g/mol. The molecule has 1 N–H and O–H groups in total. The van der Waals surface area contributed by atoms with Gasteiger partial charge < -0.3 is 14.5 Å². The van der Waals surface area contributed by atoms with E-state index in [0.29, 0.717) is 12.6 Å². The van der Waals surface area contributed by atoms with Crippen molar-refractivity contribution in [3.63, 3.8) is 0 Å². The monoisotopic (exact) mass is 125 g/mol. The number of furan rings is 1. The SMILES string of the molecule is c1cc2c(o1)OCCN2. The van der Waals surface area contributed by atoms with Gasteiger partial charge >= 0.3 is 5.95 Å². The van der Waals surface area contributed by atoms with Gasteiger partial charge in [0.15, 0.2) is 0 Å². The van der Waals surface area contributed by atoms with Gasteiger partial charge in [0.2, 0.25) is 0 Å². The molecule has 2 heterocycles. The average Bonchev–Trinajstić information content (AvgIpc) is 2.33. The Bertz CT molecular complexity index is 186. The second-order valence-corrected chi connectivity index (χ2v) is 1.90. The van der Waals surface area contributed by atoms with Gasteiger partial charge in [-0.2, -0.15) is 0 Å². The molecule has 0 saturated carbocycles.